The quantitative estimate of drug-likeness (QED) is 0.434. The van der Waals surface area contributed by atoms with Crippen LogP contribution in [0.4, 0.5) is 0 Å². The molecule has 1 unspecified atom stereocenters. The summed E-state index contributed by atoms with van der Waals surface area (Å²) in [6.07, 6.45) is 10.3. The molecule has 98 valence electrons. The third kappa shape index (κ3) is 6.43. The van der Waals surface area contributed by atoms with Gasteiger partial charge in [0.1, 0.15) is 0 Å². The van der Waals surface area contributed by atoms with Crippen molar-refractivity contribution in [2.24, 2.45) is 0 Å². The van der Waals surface area contributed by atoms with Gasteiger partial charge in [0.25, 0.3) is 0 Å². The normalized spacial score (nSPS) is 14.1. The summed E-state index contributed by atoms with van der Waals surface area (Å²) in [5, 5.41) is 10.8. The molecule has 0 fully saturated rings. The van der Waals surface area contributed by atoms with Gasteiger partial charge in [-0.25, -0.2) is 0 Å². The van der Waals surface area contributed by atoms with E-state index in [1.54, 1.807) is 0 Å². The Morgan fingerprint density at radius 1 is 0.938 bits per heavy atom. The Morgan fingerprint density at radius 3 is 1.75 bits per heavy atom. The molecule has 0 saturated heterocycles. The van der Waals surface area contributed by atoms with Crippen LogP contribution in [-0.4, -0.2) is 14.6 Å². The zero-order chi connectivity index (χ0) is 12.4. The SMILES string of the molecule is CCCCC(I)C(O)(CCCC)CCCC. The predicted molar refractivity (Wildman–Crippen MR) is 81.3 cm³/mol. The Bertz CT molecular complexity index is 151. The Morgan fingerprint density at radius 2 is 1.38 bits per heavy atom. The summed E-state index contributed by atoms with van der Waals surface area (Å²) in [5.41, 5.74) is -0.401. The highest BCUT2D eigenvalue weighted by atomic mass is 127. The molecule has 0 amide bonds. The van der Waals surface area contributed by atoms with Gasteiger partial charge >= 0.3 is 0 Å². The Kier molecular flexibility index (Phi) is 10.1. The van der Waals surface area contributed by atoms with Gasteiger partial charge in [0, 0.05) is 3.92 Å². The topological polar surface area (TPSA) is 20.2 Å². The third-order valence-corrected chi connectivity index (χ3v) is 5.10. The molecular weight excluding hydrogens is 311 g/mol. The molecule has 0 aliphatic carbocycles. The summed E-state index contributed by atoms with van der Waals surface area (Å²) >= 11 is 2.47. The van der Waals surface area contributed by atoms with E-state index in [2.05, 4.69) is 43.4 Å². The van der Waals surface area contributed by atoms with E-state index in [0.29, 0.717) is 3.92 Å². The molecule has 2 heteroatoms. The minimum atomic E-state index is -0.401. The smallest absolute Gasteiger partial charge is 0.0764 e. The molecule has 0 rings (SSSR count). The summed E-state index contributed by atoms with van der Waals surface area (Å²) in [4.78, 5) is 0. The highest BCUT2D eigenvalue weighted by Crippen LogP contribution is 2.33. The lowest BCUT2D eigenvalue weighted by Crippen LogP contribution is -2.38. The molecule has 1 N–H and O–H groups in total. The second kappa shape index (κ2) is 9.69. The van der Waals surface area contributed by atoms with E-state index in [1.807, 2.05) is 0 Å². The molecule has 0 bridgehead atoms. The zero-order valence-electron chi connectivity index (χ0n) is 11.3. The van der Waals surface area contributed by atoms with Gasteiger partial charge < -0.3 is 5.11 Å². The lowest BCUT2D eigenvalue weighted by atomic mass is 9.86. The van der Waals surface area contributed by atoms with Crippen molar-refractivity contribution in [2.45, 2.75) is 88.1 Å². The minimum absolute atomic E-state index is 0.401. The van der Waals surface area contributed by atoms with Crippen molar-refractivity contribution in [3.05, 3.63) is 0 Å². The average molecular weight is 340 g/mol. The summed E-state index contributed by atoms with van der Waals surface area (Å²) in [5.74, 6) is 0. The van der Waals surface area contributed by atoms with Gasteiger partial charge in [-0.15, -0.1) is 0 Å². The van der Waals surface area contributed by atoms with Gasteiger partial charge in [0.2, 0.25) is 0 Å². The molecule has 1 nitrogen and oxygen atoms in total. The van der Waals surface area contributed by atoms with Crippen molar-refractivity contribution >= 4 is 22.6 Å². The molecule has 0 aromatic heterocycles. The number of aliphatic hydroxyl groups is 1. The van der Waals surface area contributed by atoms with Crippen LogP contribution in [0.2, 0.25) is 0 Å². The molecule has 0 aliphatic heterocycles. The van der Waals surface area contributed by atoms with Crippen molar-refractivity contribution < 1.29 is 5.11 Å². The largest absolute Gasteiger partial charge is 0.389 e. The minimum Gasteiger partial charge on any atom is -0.389 e. The summed E-state index contributed by atoms with van der Waals surface area (Å²) in [6, 6.07) is 0. The summed E-state index contributed by atoms with van der Waals surface area (Å²) < 4.78 is 0.433. The summed E-state index contributed by atoms with van der Waals surface area (Å²) in [7, 11) is 0. The number of hydrogen-bond donors (Lipinski definition) is 1. The van der Waals surface area contributed by atoms with Crippen molar-refractivity contribution in [2.75, 3.05) is 0 Å². The maximum Gasteiger partial charge on any atom is 0.0764 e. The third-order valence-electron chi connectivity index (χ3n) is 3.32. The van der Waals surface area contributed by atoms with Crippen LogP contribution in [0, 0.1) is 0 Å². The fourth-order valence-corrected chi connectivity index (χ4v) is 3.12. The number of rotatable bonds is 10. The van der Waals surface area contributed by atoms with E-state index in [9.17, 15) is 5.11 Å². The fourth-order valence-electron chi connectivity index (χ4n) is 2.06. The number of hydrogen-bond acceptors (Lipinski definition) is 1. The van der Waals surface area contributed by atoms with Crippen LogP contribution in [0.15, 0.2) is 0 Å². The van der Waals surface area contributed by atoms with Crippen molar-refractivity contribution in [3.63, 3.8) is 0 Å². The molecule has 0 spiro atoms. The Hall–Kier alpha value is 0.690. The van der Waals surface area contributed by atoms with E-state index in [4.69, 9.17) is 0 Å². The van der Waals surface area contributed by atoms with Crippen LogP contribution in [0.25, 0.3) is 0 Å². The molecule has 0 aromatic rings. The first-order valence-corrected chi connectivity index (χ1v) is 8.21. The first kappa shape index (κ1) is 16.7. The first-order chi connectivity index (χ1) is 7.60. The van der Waals surface area contributed by atoms with Gasteiger partial charge in [-0.1, -0.05) is 81.9 Å². The standard InChI is InChI=1S/C14H29IO/c1-4-7-10-13(15)14(16,11-8-5-2)12-9-6-3/h13,16H,4-12H2,1-3H3. The van der Waals surface area contributed by atoms with E-state index in [-0.39, 0.29) is 0 Å². The van der Waals surface area contributed by atoms with Gasteiger partial charge in [0.15, 0.2) is 0 Å². The van der Waals surface area contributed by atoms with Gasteiger partial charge in [0.05, 0.1) is 5.60 Å². The maximum atomic E-state index is 10.8. The molecular formula is C14H29IO. The molecule has 0 radical (unpaired) electrons. The Labute approximate surface area is 116 Å². The number of unbranched alkanes of at least 4 members (excludes halogenated alkanes) is 3. The zero-order valence-corrected chi connectivity index (χ0v) is 13.4. The van der Waals surface area contributed by atoms with Crippen LogP contribution in [0.5, 0.6) is 0 Å². The van der Waals surface area contributed by atoms with Crippen molar-refractivity contribution in [1.29, 1.82) is 0 Å². The van der Waals surface area contributed by atoms with Gasteiger partial charge in [-0.3, -0.25) is 0 Å². The van der Waals surface area contributed by atoms with Crippen molar-refractivity contribution in [1.82, 2.24) is 0 Å². The monoisotopic (exact) mass is 340 g/mol. The Balaban J connectivity index is 4.24. The highest BCUT2D eigenvalue weighted by molar-refractivity contribution is 14.1. The molecule has 0 aliphatic rings. The van der Waals surface area contributed by atoms with Crippen molar-refractivity contribution in [3.8, 4) is 0 Å². The molecule has 0 heterocycles. The maximum absolute atomic E-state index is 10.8. The lowest BCUT2D eigenvalue weighted by Gasteiger charge is -2.33. The molecule has 0 aromatic carbocycles. The lowest BCUT2D eigenvalue weighted by molar-refractivity contribution is 0.0185. The molecule has 0 saturated carbocycles. The van der Waals surface area contributed by atoms with Crippen LogP contribution in [-0.2, 0) is 0 Å². The van der Waals surface area contributed by atoms with Crippen LogP contribution in [0.3, 0.4) is 0 Å². The molecule has 1 atom stereocenters. The highest BCUT2D eigenvalue weighted by Gasteiger charge is 2.32. The van der Waals surface area contributed by atoms with Gasteiger partial charge in [-0.05, 0) is 19.3 Å². The molecule has 16 heavy (non-hydrogen) atoms. The fraction of sp³-hybridized carbons (Fsp3) is 1.00. The first-order valence-electron chi connectivity index (χ1n) is 6.97. The predicted octanol–water partition coefficient (Wildman–Crippen LogP) is 5.09. The van der Waals surface area contributed by atoms with E-state index in [0.717, 1.165) is 25.7 Å². The van der Waals surface area contributed by atoms with Crippen LogP contribution >= 0.6 is 22.6 Å². The van der Waals surface area contributed by atoms with E-state index < -0.39 is 5.60 Å². The van der Waals surface area contributed by atoms with E-state index in [1.165, 1.54) is 32.1 Å². The van der Waals surface area contributed by atoms with Crippen LogP contribution in [0.1, 0.15) is 78.6 Å². The van der Waals surface area contributed by atoms with Gasteiger partial charge in [-0.2, -0.15) is 0 Å². The van der Waals surface area contributed by atoms with Crippen LogP contribution < -0.4 is 0 Å². The number of halogens is 1. The van der Waals surface area contributed by atoms with E-state index >= 15 is 0 Å². The number of alkyl halides is 1. The average Bonchev–Trinajstić information content (AvgIpc) is 2.30. The summed E-state index contributed by atoms with van der Waals surface area (Å²) in [6.45, 7) is 6.63. The second-order valence-corrected chi connectivity index (χ2v) is 6.42. The second-order valence-electron chi connectivity index (χ2n) is 4.92.